The van der Waals surface area contributed by atoms with Gasteiger partial charge >= 0.3 is 0 Å². The molecule has 66 valence electrons. The Balaban J connectivity index is 2.17. The Morgan fingerprint density at radius 2 is 1.92 bits per heavy atom. The standard InChI is InChI=1S/C10H18BN/c1-10(2,3)9-7-4-5-8(6-7)12(9)11/h7-9H,4-6H2,1-3H3/t7-,8+,9?/m0/s1. The molecule has 2 aliphatic rings. The quantitative estimate of drug-likeness (QED) is 0.493. The van der Waals surface area contributed by atoms with Gasteiger partial charge in [0.2, 0.25) is 0 Å². The number of piperidine rings is 1. The largest absolute Gasteiger partial charge is 0.348 e. The van der Waals surface area contributed by atoms with Gasteiger partial charge in [0.1, 0.15) is 0 Å². The molecule has 1 unspecified atom stereocenters. The molecule has 1 aliphatic heterocycles. The molecule has 1 heterocycles. The van der Waals surface area contributed by atoms with Crippen molar-refractivity contribution in [3.8, 4) is 0 Å². The fourth-order valence-corrected chi connectivity index (χ4v) is 3.17. The van der Waals surface area contributed by atoms with Crippen LogP contribution < -0.4 is 0 Å². The van der Waals surface area contributed by atoms with Crippen molar-refractivity contribution in [1.29, 1.82) is 0 Å². The number of fused-ring (bicyclic) bond motifs is 2. The van der Waals surface area contributed by atoms with Crippen LogP contribution >= 0.6 is 0 Å². The van der Waals surface area contributed by atoms with E-state index in [4.69, 9.17) is 7.98 Å². The van der Waals surface area contributed by atoms with Gasteiger partial charge in [-0.25, -0.2) is 0 Å². The molecule has 0 N–H and O–H groups in total. The van der Waals surface area contributed by atoms with Crippen LogP contribution in [0.3, 0.4) is 0 Å². The molecule has 0 aromatic rings. The topological polar surface area (TPSA) is 3.24 Å². The van der Waals surface area contributed by atoms with Crippen molar-refractivity contribution in [3.63, 3.8) is 0 Å². The molecule has 1 saturated carbocycles. The zero-order chi connectivity index (χ0) is 8.93. The Hall–Kier alpha value is 0.0249. The van der Waals surface area contributed by atoms with Crippen LogP contribution in [0.1, 0.15) is 40.0 Å². The highest BCUT2D eigenvalue weighted by Gasteiger charge is 2.47. The first-order valence-corrected chi connectivity index (χ1v) is 5.03. The predicted octanol–water partition coefficient (Wildman–Crippen LogP) is 1.97. The van der Waals surface area contributed by atoms with Crippen molar-refractivity contribution in [2.75, 3.05) is 0 Å². The van der Waals surface area contributed by atoms with Crippen molar-refractivity contribution in [3.05, 3.63) is 0 Å². The molecule has 0 spiro atoms. The minimum absolute atomic E-state index is 0.356. The van der Waals surface area contributed by atoms with Crippen LogP contribution in [-0.2, 0) is 0 Å². The summed E-state index contributed by atoms with van der Waals surface area (Å²) in [6.07, 6.45) is 4.08. The first-order valence-electron chi connectivity index (χ1n) is 5.03. The Morgan fingerprint density at radius 3 is 2.25 bits per heavy atom. The Kier molecular flexibility index (Phi) is 1.80. The maximum atomic E-state index is 6.08. The predicted molar refractivity (Wildman–Crippen MR) is 52.0 cm³/mol. The van der Waals surface area contributed by atoms with E-state index in [2.05, 4.69) is 25.6 Å². The SMILES string of the molecule is [B]N1C(C(C)(C)C)[C@H]2CC[C@@H]1C2. The summed E-state index contributed by atoms with van der Waals surface area (Å²) in [5, 5.41) is 0. The molecule has 1 aliphatic carbocycles. The molecular weight excluding hydrogens is 145 g/mol. The van der Waals surface area contributed by atoms with E-state index in [0.29, 0.717) is 17.5 Å². The molecule has 2 heteroatoms. The van der Waals surface area contributed by atoms with Gasteiger partial charge in [0.05, 0.1) is 0 Å². The summed E-state index contributed by atoms with van der Waals surface area (Å²) in [6.45, 7) is 6.91. The normalized spacial score (nSPS) is 42.4. The molecule has 3 atom stereocenters. The van der Waals surface area contributed by atoms with E-state index in [0.717, 1.165) is 5.92 Å². The average molecular weight is 163 g/mol. The van der Waals surface area contributed by atoms with E-state index in [-0.39, 0.29) is 0 Å². The van der Waals surface area contributed by atoms with Gasteiger partial charge in [0, 0.05) is 6.04 Å². The molecule has 2 fully saturated rings. The fourth-order valence-electron chi connectivity index (χ4n) is 3.17. The third-order valence-electron chi connectivity index (χ3n) is 3.52. The van der Waals surface area contributed by atoms with Crippen LogP contribution in [0.5, 0.6) is 0 Å². The highest BCUT2D eigenvalue weighted by atomic mass is 15.2. The van der Waals surface area contributed by atoms with Crippen LogP contribution in [0.4, 0.5) is 0 Å². The van der Waals surface area contributed by atoms with E-state index < -0.39 is 0 Å². The summed E-state index contributed by atoms with van der Waals surface area (Å²) in [7, 11) is 6.08. The van der Waals surface area contributed by atoms with Gasteiger partial charge in [-0.3, -0.25) is 0 Å². The maximum absolute atomic E-state index is 6.08. The van der Waals surface area contributed by atoms with Crippen LogP contribution in [0.15, 0.2) is 0 Å². The second-order valence-corrected chi connectivity index (χ2v) is 5.49. The summed E-state index contributed by atoms with van der Waals surface area (Å²) in [4.78, 5) is 2.13. The Morgan fingerprint density at radius 1 is 1.25 bits per heavy atom. The van der Waals surface area contributed by atoms with E-state index in [1.807, 2.05) is 0 Å². The summed E-state index contributed by atoms with van der Waals surface area (Å²) < 4.78 is 0. The average Bonchev–Trinajstić information content (AvgIpc) is 2.42. The van der Waals surface area contributed by atoms with Crippen LogP contribution in [0, 0.1) is 11.3 Å². The highest BCUT2D eigenvalue weighted by Crippen LogP contribution is 2.47. The monoisotopic (exact) mass is 163 g/mol. The number of rotatable bonds is 0. The lowest BCUT2D eigenvalue weighted by atomic mass is 9.77. The zero-order valence-corrected chi connectivity index (χ0v) is 8.38. The van der Waals surface area contributed by atoms with Gasteiger partial charge in [0.25, 0.3) is 0 Å². The van der Waals surface area contributed by atoms with Gasteiger partial charge in [-0.05, 0) is 36.6 Å². The molecule has 0 aromatic heterocycles. The van der Waals surface area contributed by atoms with Crippen molar-refractivity contribution in [2.45, 2.75) is 52.1 Å². The minimum Gasteiger partial charge on any atom is -0.348 e. The lowest BCUT2D eigenvalue weighted by Crippen LogP contribution is -2.46. The van der Waals surface area contributed by atoms with E-state index in [1.165, 1.54) is 19.3 Å². The first-order chi connectivity index (χ1) is 5.50. The van der Waals surface area contributed by atoms with Gasteiger partial charge in [-0.15, -0.1) is 0 Å². The molecule has 0 amide bonds. The van der Waals surface area contributed by atoms with Gasteiger partial charge < -0.3 is 4.81 Å². The van der Waals surface area contributed by atoms with Crippen molar-refractivity contribution >= 4 is 7.98 Å². The van der Waals surface area contributed by atoms with Gasteiger partial charge in [-0.2, -0.15) is 0 Å². The highest BCUT2D eigenvalue weighted by molar-refractivity contribution is 6.05. The van der Waals surface area contributed by atoms with Gasteiger partial charge in [0.15, 0.2) is 7.98 Å². The third-order valence-corrected chi connectivity index (χ3v) is 3.52. The molecule has 0 aromatic carbocycles. The van der Waals surface area contributed by atoms with Crippen LogP contribution in [-0.4, -0.2) is 24.9 Å². The molecule has 1 nitrogen and oxygen atoms in total. The Bertz CT molecular complexity index is 183. The smallest absolute Gasteiger partial charge is 0.183 e. The zero-order valence-electron chi connectivity index (χ0n) is 8.38. The summed E-state index contributed by atoms with van der Waals surface area (Å²) in [5.41, 5.74) is 0.356. The molecule has 1 saturated heterocycles. The molecular formula is C10H18BN. The van der Waals surface area contributed by atoms with Crippen molar-refractivity contribution in [2.24, 2.45) is 11.3 Å². The second kappa shape index (κ2) is 2.51. The molecule has 2 radical (unpaired) electrons. The molecule has 2 bridgehead atoms. The Labute approximate surface area is 76.9 Å². The van der Waals surface area contributed by atoms with Crippen LogP contribution in [0.25, 0.3) is 0 Å². The second-order valence-electron chi connectivity index (χ2n) is 5.49. The summed E-state index contributed by atoms with van der Waals surface area (Å²) in [5.74, 6) is 0.875. The molecule has 12 heavy (non-hydrogen) atoms. The maximum Gasteiger partial charge on any atom is 0.183 e. The molecule has 2 rings (SSSR count). The van der Waals surface area contributed by atoms with Crippen molar-refractivity contribution < 1.29 is 0 Å². The van der Waals surface area contributed by atoms with Crippen LogP contribution in [0.2, 0.25) is 0 Å². The van der Waals surface area contributed by atoms with E-state index in [1.54, 1.807) is 0 Å². The number of nitrogens with zero attached hydrogens (tertiary/aromatic N) is 1. The first kappa shape index (κ1) is 8.62. The lowest BCUT2D eigenvalue weighted by molar-refractivity contribution is 0.131. The number of hydrogen-bond donors (Lipinski definition) is 0. The third kappa shape index (κ3) is 1.12. The van der Waals surface area contributed by atoms with Gasteiger partial charge in [-0.1, -0.05) is 20.8 Å². The van der Waals surface area contributed by atoms with E-state index >= 15 is 0 Å². The minimum atomic E-state index is 0.356. The van der Waals surface area contributed by atoms with E-state index in [9.17, 15) is 0 Å². The fraction of sp³-hybridized carbons (Fsp3) is 1.00. The van der Waals surface area contributed by atoms with Crippen molar-refractivity contribution in [1.82, 2.24) is 4.81 Å². The summed E-state index contributed by atoms with van der Waals surface area (Å²) in [6, 6.07) is 1.32. The number of hydrogen-bond acceptors (Lipinski definition) is 1. The lowest BCUT2D eigenvalue weighted by Gasteiger charge is -2.41. The summed E-state index contributed by atoms with van der Waals surface area (Å²) >= 11 is 0.